The second kappa shape index (κ2) is 10.1. The van der Waals surface area contributed by atoms with E-state index in [-0.39, 0.29) is 11.9 Å². The first-order valence-corrected chi connectivity index (χ1v) is 13.4. The van der Waals surface area contributed by atoms with Gasteiger partial charge >= 0.3 is 13.2 Å². The lowest BCUT2D eigenvalue weighted by molar-refractivity contribution is -0.134. The summed E-state index contributed by atoms with van der Waals surface area (Å²) in [6.07, 6.45) is 6.93. The zero-order chi connectivity index (χ0) is 27.2. The van der Waals surface area contributed by atoms with Crippen molar-refractivity contribution in [3.05, 3.63) is 12.4 Å². The van der Waals surface area contributed by atoms with Gasteiger partial charge in [0.15, 0.2) is 0 Å². The summed E-state index contributed by atoms with van der Waals surface area (Å²) in [5.41, 5.74) is -0.629. The molecule has 1 atom stereocenters. The standard InChI is InChI=1S/C26H42BN5O5/c1-17(30-23(34)35-24(2,3)4)21(33)31-13-11-20(12-14-31)32(19-9-10-19)22-28-15-18(16-29-22)27-36-25(5,6)26(7,8)37-27/h15-17,19-20H,9-14H2,1-8H3,(H,30,34)/t17-/m1/s1. The van der Waals surface area contributed by atoms with Crippen LogP contribution in [-0.4, -0.2) is 82.0 Å². The van der Waals surface area contributed by atoms with Gasteiger partial charge in [0.2, 0.25) is 11.9 Å². The van der Waals surface area contributed by atoms with Crippen LogP contribution in [-0.2, 0) is 18.8 Å². The fraction of sp³-hybridized carbons (Fsp3) is 0.769. The van der Waals surface area contributed by atoms with Crippen molar-refractivity contribution in [2.45, 2.75) is 116 Å². The molecule has 204 valence electrons. The van der Waals surface area contributed by atoms with Gasteiger partial charge in [0, 0.05) is 43.0 Å². The van der Waals surface area contributed by atoms with Crippen LogP contribution in [0.2, 0.25) is 0 Å². The van der Waals surface area contributed by atoms with E-state index in [4.69, 9.17) is 24.0 Å². The quantitative estimate of drug-likeness (QED) is 0.577. The zero-order valence-corrected chi connectivity index (χ0v) is 23.5. The first-order valence-electron chi connectivity index (χ1n) is 13.4. The number of carbonyl (C=O) groups is 2. The maximum atomic E-state index is 12.9. The van der Waals surface area contributed by atoms with Gasteiger partial charge in [-0.15, -0.1) is 0 Å². The molecule has 1 aromatic rings. The van der Waals surface area contributed by atoms with E-state index in [0.29, 0.717) is 25.1 Å². The summed E-state index contributed by atoms with van der Waals surface area (Å²) < 4.78 is 17.6. The number of rotatable bonds is 6. The van der Waals surface area contributed by atoms with Gasteiger partial charge in [0.05, 0.1) is 11.2 Å². The maximum Gasteiger partial charge on any atom is 0.498 e. The number of amides is 2. The van der Waals surface area contributed by atoms with Crippen LogP contribution >= 0.6 is 0 Å². The van der Waals surface area contributed by atoms with Crippen LogP contribution in [0, 0.1) is 0 Å². The first-order chi connectivity index (χ1) is 17.2. The summed E-state index contributed by atoms with van der Waals surface area (Å²) in [5.74, 6) is 0.623. The summed E-state index contributed by atoms with van der Waals surface area (Å²) in [4.78, 5) is 38.6. The van der Waals surface area contributed by atoms with E-state index in [0.717, 1.165) is 31.1 Å². The van der Waals surface area contributed by atoms with Crippen molar-refractivity contribution < 1.29 is 23.6 Å². The summed E-state index contributed by atoms with van der Waals surface area (Å²) in [6, 6.07) is 0.0490. The Balaban J connectivity index is 1.34. The van der Waals surface area contributed by atoms with Crippen molar-refractivity contribution >= 4 is 30.5 Å². The van der Waals surface area contributed by atoms with Crippen LogP contribution in [0.4, 0.5) is 10.7 Å². The van der Waals surface area contributed by atoms with Crippen molar-refractivity contribution in [3.8, 4) is 0 Å². The van der Waals surface area contributed by atoms with Gasteiger partial charge in [-0.1, -0.05) is 0 Å². The Bertz CT molecular complexity index is 968. The highest BCUT2D eigenvalue weighted by molar-refractivity contribution is 6.61. The molecule has 2 saturated heterocycles. The van der Waals surface area contributed by atoms with E-state index in [1.54, 1.807) is 27.7 Å². The number of hydrogen-bond acceptors (Lipinski definition) is 8. The molecule has 1 N–H and O–H groups in total. The van der Waals surface area contributed by atoms with Gasteiger partial charge in [-0.3, -0.25) is 4.79 Å². The number of nitrogens with one attached hydrogen (secondary N) is 1. The van der Waals surface area contributed by atoms with Gasteiger partial charge in [-0.05, 0) is 81.1 Å². The molecule has 10 nitrogen and oxygen atoms in total. The summed E-state index contributed by atoms with van der Waals surface area (Å²) in [5, 5.41) is 2.66. The number of anilines is 1. The van der Waals surface area contributed by atoms with Crippen LogP contribution in [0.3, 0.4) is 0 Å². The second-order valence-electron chi connectivity index (χ2n) is 12.5. The summed E-state index contributed by atoms with van der Waals surface area (Å²) >= 11 is 0. The van der Waals surface area contributed by atoms with Crippen LogP contribution in [0.25, 0.3) is 0 Å². The Morgan fingerprint density at radius 2 is 1.57 bits per heavy atom. The van der Waals surface area contributed by atoms with Gasteiger partial charge in [-0.2, -0.15) is 0 Å². The Morgan fingerprint density at radius 3 is 2.05 bits per heavy atom. The molecule has 37 heavy (non-hydrogen) atoms. The fourth-order valence-electron chi connectivity index (χ4n) is 4.73. The summed E-state index contributed by atoms with van der Waals surface area (Å²) in [6.45, 7) is 16.5. The highest BCUT2D eigenvalue weighted by Crippen LogP contribution is 2.37. The highest BCUT2D eigenvalue weighted by atomic mass is 16.7. The Kier molecular flexibility index (Phi) is 7.51. The smallest absolute Gasteiger partial charge is 0.444 e. The zero-order valence-electron chi connectivity index (χ0n) is 23.5. The van der Waals surface area contributed by atoms with Crippen molar-refractivity contribution in [2.24, 2.45) is 0 Å². The van der Waals surface area contributed by atoms with E-state index >= 15 is 0 Å². The van der Waals surface area contributed by atoms with E-state index in [1.165, 1.54) is 0 Å². The van der Waals surface area contributed by atoms with E-state index in [2.05, 4.69) is 10.2 Å². The Morgan fingerprint density at radius 1 is 1.05 bits per heavy atom. The molecule has 0 spiro atoms. The monoisotopic (exact) mass is 515 g/mol. The third kappa shape index (κ3) is 6.37. The number of likely N-dealkylation sites (tertiary alicyclic amines) is 1. The first kappa shape index (κ1) is 27.6. The Hall–Kier alpha value is -2.40. The molecule has 11 heteroatoms. The van der Waals surface area contributed by atoms with Gasteiger partial charge in [-0.25, -0.2) is 14.8 Å². The van der Waals surface area contributed by atoms with E-state index < -0.39 is 36.1 Å². The lowest BCUT2D eigenvalue weighted by Crippen LogP contribution is -2.53. The van der Waals surface area contributed by atoms with Crippen molar-refractivity contribution in [1.29, 1.82) is 0 Å². The van der Waals surface area contributed by atoms with Crippen LogP contribution in [0.15, 0.2) is 12.4 Å². The third-order valence-corrected chi connectivity index (χ3v) is 7.63. The number of carbonyl (C=O) groups excluding carboxylic acids is 2. The minimum atomic E-state index is -0.642. The molecule has 2 aliphatic heterocycles. The molecule has 0 bridgehead atoms. The number of hydrogen-bond donors (Lipinski definition) is 1. The SMILES string of the molecule is C[C@@H](NC(=O)OC(C)(C)C)C(=O)N1CCC(N(c2ncc(B3OC(C)(C)C(C)(C)O3)cn2)C2CC2)CC1. The molecule has 1 aromatic heterocycles. The number of aromatic nitrogens is 2. The molecular formula is C26H42BN5O5. The second-order valence-corrected chi connectivity index (χ2v) is 12.5. The van der Waals surface area contributed by atoms with Crippen molar-refractivity contribution in [1.82, 2.24) is 20.2 Å². The predicted octanol–water partition coefficient (Wildman–Crippen LogP) is 2.65. The molecular weight excluding hydrogens is 473 g/mol. The largest absolute Gasteiger partial charge is 0.498 e. The molecule has 2 amide bonds. The molecule has 0 radical (unpaired) electrons. The normalized spacial score (nSPS) is 22.5. The van der Waals surface area contributed by atoms with Crippen LogP contribution < -0.4 is 15.7 Å². The average Bonchev–Trinajstić information content (AvgIpc) is 3.59. The molecule has 0 unspecified atom stereocenters. The lowest BCUT2D eigenvalue weighted by atomic mass is 9.81. The molecule has 1 saturated carbocycles. The van der Waals surface area contributed by atoms with Gasteiger partial charge in [0.25, 0.3) is 0 Å². The topological polar surface area (TPSA) is 106 Å². The van der Waals surface area contributed by atoms with Gasteiger partial charge in [0.1, 0.15) is 11.6 Å². The average molecular weight is 515 g/mol. The van der Waals surface area contributed by atoms with Crippen LogP contribution in [0.5, 0.6) is 0 Å². The fourth-order valence-corrected chi connectivity index (χ4v) is 4.73. The van der Waals surface area contributed by atoms with Crippen LogP contribution in [0.1, 0.15) is 81.1 Å². The van der Waals surface area contributed by atoms with Gasteiger partial charge < -0.3 is 29.2 Å². The van der Waals surface area contributed by atoms with Crippen molar-refractivity contribution in [2.75, 3.05) is 18.0 Å². The molecule has 0 aromatic carbocycles. The number of alkyl carbamates (subject to hydrolysis) is 1. The maximum absolute atomic E-state index is 12.9. The Labute approximate surface area is 221 Å². The lowest BCUT2D eigenvalue weighted by Gasteiger charge is -2.39. The summed E-state index contributed by atoms with van der Waals surface area (Å²) in [7, 11) is -0.487. The third-order valence-electron chi connectivity index (χ3n) is 7.63. The van der Waals surface area contributed by atoms with Crippen molar-refractivity contribution in [3.63, 3.8) is 0 Å². The number of ether oxygens (including phenoxy) is 1. The minimum Gasteiger partial charge on any atom is -0.444 e. The molecule has 3 heterocycles. The molecule has 3 aliphatic rings. The predicted molar refractivity (Wildman–Crippen MR) is 142 cm³/mol. The van der Waals surface area contributed by atoms with E-state index in [9.17, 15) is 9.59 Å². The highest BCUT2D eigenvalue weighted by Gasteiger charge is 2.52. The molecule has 3 fully saturated rings. The minimum absolute atomic E-state index is 0.0923. The van der Waals surface area contributed by atoms with E-state index in [1.807, 2.05) is 45.0 Å². The number of piperidine rings is 1. The molecule has 4 rings (SSSR count). The number of nitrogens with zero attached hydrogens (tertiary/aromatic N) is 4. The molecule has 1 aliphatic carbocycles.